The van der Waals surface area contributed by atoms with Crippen LogP contribution in [0, 0.1) is 0 Å². The summed E-state index contributed by atoms with van der Waals surface area (Å²) >= 11 is 0. The van der Waals surface area contributed by atoms with E-state index in [0.717, 1.165) is 29.2 Å². The molecule has 0 aliphatic carbocycles. The van der Waals surface area contributed by atoms with E-state index in [1.165, 1.54) is 23.3 Å². The molecule has 0 spiro atoms. The number of benzene rings is 3. The van der Waals surface area contributed by atoms with Gasteiger partial charge in [0.25, 0.3) is 10.0 Å². The molecule has 0 radical (unpaired) electrons. The van der Waals surface area contributed by atoms with Crippen molar-refractivity contribution in [2.45, 2.75) is 30.6 Å². The third kappa shape index (κ3) is 3.91. The molecule has 33 heavy (non-hydrogen) atoms. The molecule has 1 aliphatic heterocycles. The molecule has 4 aromatic rings. The Morgan fingerprint density at radius 2 is 1.45 bits per heavy atom. The summed E-state index contributed by atoms with van der Waals surface area (Å²) in [5.74, 6) is 0.212. The Balaban J connectivity index is 1.55. The lowest BCUT2D eigenvalue weighted by molar-refractivity contribution is -0.139. The predicted molar refractivity (Wildman–Crippen MR) is 118 cm³/mol. The van der Waals surface area contributed by atoms with Crippen LogP contribution in [0.1, 0.15) is 22.5 Å². The number of aromatic nitrogens is 2. The zero-order valence-electron chi connectivity index (χ0n) is 17.5. The average molecular weight is 472 g/mol. The molecule has 1 aromatic heterocycles. The molecule has 0 N–H and O–H groups in total. The van der Waals surface area contributed by atoms with Crippen molar-refractivity contribution in [3.05, 3.63) is 95.3 Å². The minimum Gasteiger partial charge on any atom is -0.294 e. The minimum absolute atomic E-state index is 0.212. The number of rotatable bonds is 5. The van der Waals surface area contributed by atoms with Crippen LogP contribution in [0.25, 0.3) is 11.0 Å². The van der Waals surface area contributed by atoms with E-state index in [1.807, 2.05) is 12.1 Å². The number of hydrogen-bond donors (Lipinski definition) is 0. The molecule has 1 aliphatic rings. The molecule has 0 unspecified atom stereocenters. The number of hydrogen-bond acceptors (Lipinski definition) is 4. The predicted octanol–water partition coefficient (Wildman–Crippen LogP) is 4.85. The number of nitrogens with zero attached hydrogens (tertiary/aromatic N) is 3. The molecule has 0 amide bonds. The minimum atomic E-state index is -4.80. The van der Waals surface area contributed by atoms with Crippen molar-refractivity contribution in [2.75, 3.05) is 6.54 Å². The summed E-state index contributed by atoms with van der Waals surface area (Å²) < 4.78 is 69.0. The average Bonchev–Trinajstić information content (AvgIpc) is 3.38. The summed E-state index contributed by atoms with van der Waals surface area (Å²) in [5.41, 5.74) is 1.93. The molecular weight excluding hydrogens is 451 g/mol. The lowest BCUT2D eigenvalue weighted by Gasteiger charge is -2.17. The zero-order valence-corrected chi connectivity index (χ0v) is 18.3. The SMILES string of the molecule is O=S(=O)(c1ccccc1C(F)(F)F)n1c(CCN2Cc3ccccc3C2)nc2ccccc21. The first kappa shape index (κ1) is 21.7. The Labute approximate surface area is 189 Å². The van der Waals surface area contributed by atoms with Gasteiger partial charge >= 0.3 is 6.18 Å². The number of alkyl halides is 3. The van der Waals surface area contributed by atoms with Crippen LogP contribution in [0.2, 0.25) is 0 Å². The Bertz CT molecular complexity index is 1420. The summed E-state index contributed by atoms with van der Waals surface area (Å²) in [6.07, 6.45) is -4.53. The second-order valence-electron chi connectivity index (χ2n) is 8.01. The van der Waals surface area contributed by atoms with E-state index in [4.69, 9.17) is 0 Å². The molecule has 2 heterocycles. The summed E-state index contributed by atoms with van der Waals surface area (Å²) in [5, 5.41) is 0. The van der Waals surface area contributed by atoms with E-state index in [1.54, 1.807) is 24.3 Å². The van der Waals surface area contributed by atoms with Crippen molar-refractivity contribution in [2.24, 2.45) is 0 Å². The van der Waals surface area contributed by atoms with Crippen molar-refractivity contribution in [1.82, 2.24) is 13.9 Å². The van der Waals surface area contributed by atoms with E-state index in [2.05, 4.69) is 22.0 Å². The normalized spacial score (nSPS) is 14.6. The number of fused-ring (bicyclic) bond motifs is 2. The third-order valence-electron chi connectivity index (χ3n) is 5.85. The van der Waals surface area contributed by atoms with Gasteiger partial charge in [0.2, 0.25) is 0 Å². The topological polar surface area (TPSA) is 55.2 Å². The van der Waals surface area contributed by atoms with E-state index < -0.39 is 26.7 Å². The van der Waals surface area contributed by atoms with Gasteiger partial charge in [0.05, 0.1) is 16.6 Å². The van der Waals surface area contributed by atoms with Gasteiger partial charge in [-0.3, -0.25) is 4.90 Å². The van der Waals surface area contributed by atoms with Crippen molar-refractivity contribution < 1.29 is 21.6 Å². The third-order valence-corrected chi connectivity index (χ3v) is 7.65. The second-order valence-corrected chi connectivity index (χ2v) is 9.76. The maximum Gasteiger partial charge on any atom is 0.417 e. The quantitative estimate of drug-likeness (QED) is 0.418. The van der Waals surface area contributed by atoms with Crippen LogP contribution in [0.15, 0.2) is 77.7 Å². The standard InChI is InChI=1S/C24H20F3N3O2S/c25-24(26,27)19-9-3-6-12-22(19)33(31,32)30-21-11-5-4-10-20(21)28-23(30)13-14-29-15-17-7-1-2-8-18(17)16-29/h1-12H,13-16H2. The van der Waals surface area contributed by atoms with Crippen LogP contribution in [0.3, 0.4) is 0 Å². The molecule has 0 saturated carbocycles. The fourth-order valence-electron chi connectivity index (χ4n) is 4.32. The summed E-state index contributed by atoms with van der Waals surface area (Å²) in [6, 6.07) is 18.9. The van der Waals surface area contributed by atoms with Crippen LogP contribution in [0.5, 0.6) is 0 Å². The number of imidazole rings is 1. The van der Waals surface area contributed by atoms with Crippen molar-refractivity contribution in [1.29, 1.82) is 0 Å². The summed E-state index contributed by atoms with van der Waals surface area (Å²) in [4.78, 5) is 5.87. The van der Waals surface area contributed by atoms with Gasteiger partial charge in [0.1, 0.15) is 10.7 Å². The van der Waals surface area contributed by atoms with Gasteiger partial charge in [0, 0.05) is 26.1 Å². The van der Waals surface area contributed by atoms with Gasteiger partial charge < -0.3 is 0 Å². The first-order chi connectivity index (χ1) is 15.7. The van der Waals surface area contributed by atoms with Crippen LogP contribution in [0.4, 0.5) is 13.2 Å². The fraction of sp³-hybridized carbons (Fsp3) is 0.208. The highest BCUT2D eigenvalue weighted by molar-refractivity contribution is 7.90. The Morgan fingerprint density at radius 3 is 2.15 bits per heavy atom. The van der Waals surface area contributed by atoms with Gasteiger partial charge in [-0.2, -0.15) is 13.2 Å². The molecule has 0 atom stereocenters. The summed E-state index contributed by atoms with van der Waals surface area (Å²) in [6.45, 7) is 1.99. The van der Waals surface area contributed by atoms with E-state index in [9.17, 15) is 21.6 Å². The molecule has 9 heteroatoms. The zero-order chi connectivity index (χ0) is 23.2. The molecule has 5 rings (SSSR count). The molecule has 5 nitrogen and oxygen atoms in total. The van der Waals surface area contributed by atoms with Crippen molar-refractivity contribution >= 4 is 21.1 Å². The molecule has 3 aromatic carbocycles. The van der Waals surface area contributed by atoms with Gasteiger partial charge in [-0.15, -0.1) is 0 Å². The van der Waals surface area contributed by atoms with Crippen molar-refractivity contribution in [3.63, 3.8) is 0 Å². The van der Waals surface area contributed by atoms with Gasteiger partial charge in [-0.05, 0) is 35.4 Å². The molecular formula is C24H20F3N3O2S. The lowest BCUT2D eigenvalue weighted by atomic mass is 10.1. The highest BCUT2D eigenvalue weighted by Crippen LogP contribution is 2.36. The maximum atomic E-state index is 13.6. The molecule has 0 saturated heterocycles. The van der Waals surface area contributed by atoms with Crippen LogP contribution < -0.4 is 0 Å². The highest BCUT2D eigenvalue weighted by Gasteiger charge is 2.38. The highest BCUT2D eigenvalue weighted by atomic mass is 32.2. The van der Waals surface area contributed by atoms with Crippen LogP contribution in [-0.2, 0) is 35.7 Å². The molecule has 170 valence electrons. The van der Waals surface area contributed by atoms with Gasteiger partial charge in [-0.25, -0.2) is 17.4 Å². The Morgan fingerprint density at radius 1 is 0.848 bits per heavy atom. The fourth-order valence-corrected chi connectivity index (χ4v) is 6.06. The Kier molecular flexibility index (Phi) is 5.25. The lowest BCUT2D eigenvalue weighted by Crippen LogP contribution is -2.24. The number of para-hydroxylation sites is 2. The van der Waals surface area contributed by atoms with E-state index in [-0.39, 0.29) is 17.8 Å². The largest absolute Gasteiger partial charge is 0.417 e. The van der Waals surface area contributed by atoms with Gasteiger partial charge in [0.15, 0.2) is 0 Å². The molecule has 0 bridgehead atoms. The first-order valence-electron chi connectivity index (χ1n) is 10.4. The van der Waals surface area contributed by atoms with Crippen LogP contribution in [-0.4, -0.2) is 28.8 Å². The second kappa shape index (κ2) is 8.00. The summed E-state index contributed by atoms with van der Waals surface area (Å²) in [7, 11) is -4.55. The maximum absolute atomic E-state index is 13.6. The van der Waals surface area contributed by atoms with E-state index >= 15 is 0 Å². The van der Waals surface area contributed by atoms with Crippen molar-refractivity contribution in [3.8, 4) is 0 Å². The monoisotopic (exact) mass is 471 g/mol. The smallest absolute Gasteiger partial charge is 0.294 e. The van der Waals surface area contributed by atoms with E-state index in [0.29, 0.717) is 12.1 Å². The van der Waals surface area contributed by atoms with Gasteiger partial charge in [-0.1, -0.05) is 48.5 Å². The van der Waals surface area contributed by atoms with Crippen LogP contribution >= 0.6 is 0 Å². The molecule has 0 fully saturated rings. The Hall–Kier alpha value is -3.17. The first-order valence-corrected chi connectivity index (χ1v) is 11.9. The number of halogens is 3.